The maximum Gasteiger partial charge on any atom is 0.257 e. The molecule has 0 saturated carbocycles. The lowest BCUT2D eigenvalue weighted by Crippen LogP contribution is -2.18. The number of nitrogens with zero attached hydrogens (tertiary/aromatic N) is 2. The Balaban J connectivity index is 1.85. The Labute approximate surface area is 146 Å². The van der Waals surface area contributed by atoms with Crippen molar-refractivity contribution >= 4 is 11.6 Å². The van der Waals surface area contributed by atoms with Gasteiger partial charge in [0.2, 0.25) is 5.56 Å². The highest BCUT2D eigenvalue weighted by molar-refractivity contribution is 6.05. The third-order valence-corrected chi connectivity index (χ3v) is 4.35. The van der Waals surface area contributed by atoms with Gasteiger partial charge in [-0.05, 0) is 31.5 Å². The minimum absolute atomic E-state index is 0.112. The molecule has 0 aliphatic carbocycles. The van der Waals surface area contributed by atoms with Gasteiger partial charge in [-0.3, -0.25) is 9.59 Å². The van der Waals surface area contributed by atoms with Crippen LogP contribution in [0.15, 0.2) is 59.5 Å². The van der Waals surface area contributed by atoms with Crippen molar-refractivity contribution in [3.8, 4) is 0 Å². The molecule has 1 N–H and O–H groups in total. The molecule has 0 aliphatic heterocycles. The molecule has 0 radical (unpaired) electrons. The van der Waals surface area contributed by atoms with E-state index in [4.69, 9.17) is 0 Å². The quantitative estimate of drug-likeness (QED) is 0.796. The Kier molecular flexibility index (Phi) is 4.57. The first-order chi connectivity index (χ1) is 12.0. The molecule has 0 aliphatic rings. The summed E-state index contributed by atoms with van der Waals surface area (Å²) in [6, 6.07) is 15.1. The Hall–Kier alpha value is -3.08. The van der Waals surface area contributed by atoms with Crippen LogP contribution in [-0.2, 0) is 13.6 Å². The van der Waals surface area contributed by atoms with E-state index in [2.05, 4.69) is 22.0 Å². The second-order valence-corrected chi connectivity index (χ2v) is 6.18. The highest BCUT2D eigenvalue weighted by Gasteiger charge is 2.16. The van der Waals surface area contributed by atoms with Crippen molar-refractivity contribution in [2.75, 3.05) is 5.32 Å². The molecule has 0 bridgehead atoms. The molecule has 3 rings (SSSR count). The maximum absolute atomic E-state index is 12.6. The second-order valence-electron chi connectivity index (χ2n) is 6.18. The van der Waals surface area contributed by atoms with Crippen molar-refractivity contribution in [2.24, 2.45) is 7.05 Å². The molecule has 25 heavy (non-hydrogen) atoms. The third kappa shape index (κ3) is 3.55. The van der Waals surface area contributed by atoms with Gasteiger partial charge in [-0.15, -0.1) is 0 Å². The second kappa shape index (κ2) is 6.81. The molecule has 1 amide bonds. The lowest BCUT2D eigenvalue weighted by molar-refractivity contribution is 0.102. The molecule has 128 valence electrons. The zero-order valence-electron chi connectivity index (χ0n) is 14.6. The van der Waals surface area contributed by atoms with Gasteiger partial charge in [-0.2, -0.15) is 0 Å². The van der Waals surface area contributed by atoms with Gasteiger partial charge in [-0.25, -0.2) is 0 Å². The van der Waals surface area contributed by atoms with Crippen molar-refractivity contribution in [1.29, 1.82) is 0 Å². The number of aromatic nitrogens is 2. The maximum atomic E-state index is 12.6. The van der Waals surface area contributed by atoms with E-state index in [1.54, 1.807) is 19.3 Å². The Morgan fingerprint density at radius 3 is 2.48 bits per heavy atom. The van der Waals surface area contributed by atoms with Gasteiger partial charge in [0.05, 0.1) is 11.3 Å². The van der Waals surface area contributed by atoms with E-state index < -0.39 is 0 Å². The van der Waals surface area contributed by atoms with Gasteiger partial charge in [-0.1, -0.05) is 30.3 Å². The minimum Gasteiger partial charge on any atom is -0.344 e. The average Bonchev–Trinajstić information content (AvgIpc) is 2.87. The molecule has 5 nitrogen and oxygen atoms in total. The molecule has 0 spiro atoms. The lowest BCUT2D eigenvalue weighted by Gasteiger charge is -2.10. The first-order valence-corrected chi connectivity index (χ1v) is 8.14. The number of anilines is 1. The van der Waals surface area contributed by atoms with Crippen molar-refractivity contribution in [1.82, 2.24) is 9.13 Å². The molecule has 0 saturated heterocycles. The predicted octanol–water partition coefficient (Wildman–Crippen LogP) is 3.10. The van der Waals surface area contributed by atoms with Crippen LogP contribution in [0.25, 0.3) is 0 Å². The van der Waals surface area contributed by atoms with E-state index in [-0.39, 0.29) is 11.5 Å². The zero-order chi connectivity index (χ0) is 18.0. The summed E-state index contributed by atoms with van der Waals surface area (Å²) >= 11 is 0. The summed E-state index contributed by atoms with van der Waals surface area (Å²) in [6.45, 7) is 4.68. The summed E-state index contributed by atoms with van der Waals surface area (Å²) in [6.07, 6.45) is 1.61. The molecular formula is C20H21N3O2. The number of pyridine rings is 1. The van der Waals surface area contributed by atoms with Gasteiger partial charge in [0, 0.05) is 37.2 Å². The molecule has 1 aromatic carbocycles. The standard InChI is InChI=1S/C20H21N3O2/c1-14-11-18(15(2)23(14)12-16-7-5-4-6-8-16)20(25)21-17-9-10-19(24)22(3)13-17/h4-11,13H,12H2,1-3H3,(H,21,25). The number of rotatable bonds is 4. The van der Waals surface area contributed by atoms with Crippen LogP contribution < -0.4 is 10.9 Å². The normalized spacial score (nSPS) is 10.7. The van der Waals surface area contributed by atoms with E-state index in [1.807, 2.05) is 38.1 Å². The van der Waals surface area contributed by atoms with Gasteiger partial charge in [0.15, 0.2) is 0 Å². The van der Waals surface area contributed by atoms with Crippen molar-refractivity contribution in [3.63, 3.8) is 0 Å². The first-order valence-electron chi connectivity index (χ1n) is 8.14. The summed E-state index contributed by atoms with van der Waals surface area (Å²) in [5, 5.41) is 2.86. The Bertz CT molecular complexity index is 968. The fourth-order valence-electron chi connectivity index (χ4n) is 2.91. The molecule has 5 heteroatoms. The summed E-state index contributed by atoms with van der Waals surface area (Å²) in [7, 11) is 1.66. The monoisotopic (exact) mass is 335 g/mol. The van der Waals surface area contributed by atoms with Gasteiger partial charge in [0.1, 0.15) is 0 Å². The first kappa shape index (κ1) is 16.8. The SMILES string of the molecule is Cc1cc(C(=O)Nc2ccc(=O)n(C)c2)c(C)n1Cc1ccccc1. The van der Waals surface area contributed by atoms with Crippen LogP contribution in [0, 0.1) is 13.8 Å². The topological polar surface area (TPSA) is 56.0 Å². The highest BCUT2D eigenvalue weighted by atomic mass is 16.1. The summed E-state index contributed by atoms with van der Waals surface area (Å²) in [4.78, 5) is 24.1. The van der Waals surface area contributed by atoms with Gasteiger partial charge < -0.3 is 14.5 Å². The molecule has 0 unspecified atom stereocenters. The van der Waals surface area contributed by atoms with Crippen LogP contribution in [0.1, 0.15) is 27.3 Å². The summed E-state index contributed by atoms with van der Waals surface area (Å²) in [5.74, 6) is -0.175. The molecule has 0 atom stereocenters. The van der Waals surface area contributed by atoms with Crippen LogP contribution in [0.4, 0.5) is 5.69 Å². The number of aryl methyl sites for hydroxylation is 2. The van der Waals surface area contributed by atoms with Crippen LogP contribution in [0.2, 0.25) is 0 Å². The molecule has 3 aromatic rings. The number of amides is 1. The lowest BCUT2D eigenvalue weighted by atomic mass is 10.2. The summed E-state index contributed by atoms with van der Waals surface area (Å²) < 4.78 is 3.57. The number of benzene rings is 1. The third-order valence-electron chi connectivity index (χ3n) is 4.35. The fraction of sp³-hybridized carbons (Fsp3) is 0.200. The number of hydrogen-bond acceptors (Lipinski definition) is 2. The van der Waals surface area contributed by atoms with Crippen LogP contribution in [-0.4, -0.2) is 15.0 Å². The van der Waals surface area contributed by atoms with Crippen molar-refractivity contribution in [3.05, 3.63) is 87.6 Å². The zero-order valence-corrected chi connectivity index (χ0v) is 14.6. The van der Waals surface area contributed by atoms with Crippen LogP contribution >= 0.6 is 0 Å². The van der Waals surface area contributed by atoms with E-state index in [0.29, 0.717) is 11.3 Å². The van der Waals surface area contributed by atoms with E-state index >= 15 is 0 Å². The van der Waals surface area contributed by atoms with Gasteiger partial charge >= 0.3 is 0 Å². The van der Waals surface area contributed by atoms with Crippen molar-refractivity contribution in [2.45, 2.75) is 20.4 Å². The fourth-order valence-corrected chi connectivity index (χ4v) is 2.91. The Morgan fingerprint density at radius 1 is 1.08 bits per heavy atom. The van der Waals surface area contributed by atoms with E-state index in [9.17, 15) is 9.59 Å². The largest absolute Gasteiger partial charge is 0.344 e. The molecule has 2 aromatic heterocycles. The van der Waals surface area contributed by atoms with Crippen molar-refractivity contribution < 1.29 is 4.79 Å². The van der Waals surface area contributed by atoms with Crippen LogP contribution in [0.3, 0.4) is 0 Å². The molecule has 0 fully saturated rings. The number of nitrogens with one attached hydrogen (secondary N) is 1. The van der Waals surface area contributed by atoms with E-state index in [0.717, 1.165) is 17.9 Å². The minimum atomic E-state index is -0.175. The predicted molar refractivity (Wildman–Crippen MR) is 99.1 cm³/mol. The summed E-state index contributed by atoms with van der Waals surface area (Å²) in [5.41, 5.74) is 4.27. The Morgan fingerprint density at radius 2 is 1.80 bits per heavy atom. The smallest absolute Gasteiger partial charge is 0.257 e. The number of carbonyl (C=O) groups is 1. The van der Waals surface area contributed by atoms with Crippen LogP contribution in [0.5, 0.6) is 0 Å². The number of carbonyl (C=O) groups excluding carboxylic acids is 1. The molecule has 2 heterocycles. The molecular weight excluding hydrogens is 314 g/mol. The average molecular weight is 335 g/mol. The van der Waals surface area contributed by atoms with Gasteiger partial charge in [0.25, 0.3) is 5.91 Å². The highest BCUT2D eigenvalue weighted by Crippen LogP contribution is 2.18. The number of hydrogen-bond donors (Lipinski definition) is 1. The van der Waals surface area contributed by atoms with E-state index in [1.165, 1.54) is 16.2 Å².